The van der Waals surface area contributed by atoms with Gasteiger partial charge >= 0.3 is 0 Å². The predicted octanol–water partition coefficient (Wildman–Crippen LogP) is 1.86. The number of ether oxygens (including phenoxy) is 2. The number of amides is 1. The van der Waals surface area contributed by atoms with E-state index in [0.29, 0.717) is 31.1 Å². The molecular formula is C16H19N3O3. The fourth-order valence-electron chi connectivity index (χ4n) is 2.00. The van der Waals surface area contributed by atoms with Gasteiger partial charge in [0.1, 0.15) is 17.8 Å². The second-order valence-corrected chi connectivity index (χ2v) is 4.49. The molecule has 1 aromatic carbocycles. The molecule has 0 unspecified atom stereocenters. The molecule has 0 saturated carbocycles. The Hall–Kier alpha value is -2.63. The standard InChI is InChI=1S/C16H19N3O3/c1-3-22-15-10-13(18-11-19-15)16(20)17-9-8-12-6-4-5-7-14(12)21-2/h4-7,10-11H,3,8-9H2,1-2H3,(H,17,20). The third-order valence-corrected chi connectivity index (χ3v) is 3.04. The van der Waals surface area contributed by atoms with Crippen LogP contribution < -0.4 is 14.8 Å². The minimum Gasteiger partial charge on any atom is -0.496 e. The molecule has 0 bridgehead atoms. The van der Waals surface area contributed by atoms with Gasteiger partial charge in [-0.1, -0.05) is 18.2 Å². The molecule has 0 aliphatic rings. The minimum atomic E-state index is -0.252. The normalized spacial score (nSPS) is 10.1. The van der Waals surface area contributed by atoms with E-state index in [1.807, 2.05) is 31.2 Å². The Morgan fingerprint density at radius 1 is 1.27 bits per heavy atom. The molecule has 1 N–H and O–H groups in total. The topological polar surface area (TPSA) is 73.3 Å². The first-order chi connectivity index (χ1) is 10.7. The molecule has 0 aliphatic carbocycles. The molecule has 22 heavy (non-hydrogen) atoms. The van der Waals surface area contributed by atoms with Gasteiger partial charge in [0.05, 0.1) is 13.7 Å². The Labute approximate surface area is 129 Å². The lowest BCUT2D eigenvalue weighted by Crippen LogP contribution is -2.26. The Kier molecular flexibility index (Phi) is 5.71. The lowest BCUT2D eigenvalue weighted by molar-refractivity contribution is 0.0948. The van der Waals surface area contributed by atoms with Gasteiger partial charge in [-0.15, -0.1) is 0 Å². The van der Waals surface area contributed by atoms with Crippen LogP contribution in [0.5, 0.6) is 11.6 Å². The highest BCUT2D eigenvalue weighted by Gasteiger charge is 2.09. The van der Waals surface area contributed by atoms with E-state index in [4.69, 9.17) is 9.47 Å². The average Bonchev–Trinajstić information content (AvgIpc) is 2.56. The van der Waals surface area contributed by atoms with Crippen molar-refractivity contribution in [1.82, 2.24) is 15.3 Å². The minimum absolute atomic E-state index is 0.252. The number of hydrogen-bond donors (Lipinski definition) is 1. The fraction of sp³-hybridized carbons (Fsp3) is 0.312. The number of para-hydroxylation sites is 1. The molecule has 0 atom stereocenters. The Morgan fingerprint density at radius 2 is 2.09 bits per heavy atom. The van der Waals surface area contributed by atoms with Gasteiger partial charge in [0.25, 0.3) is 5.91 Å². The molecule has 0 saturated heterocycles. The summed E-state index contributed by atoms with van der Waals surface area (Å²) in [4.78, 5) is 19.9. The van der Waals surface area contributed by atoms with Crippen LogP contribution in [0.3, 0.4) is 0 Å². The van der Waals surface area contributed by atoms with Gasteiger partial charge in [0.2, 0.25) is 5.88 Å². The van der Waals surface area contributed by atoms with Gasteiger partial charge in [-0.25, -0.2) is 9.97 Å². The van der Waals surface area contributed by atoms with E-state index < -0.39 is 0 Å². The number of hydrogen-bond acceptors (Lipinski definition) is 5. The number of methoxy groups -OCH3 is 1. The van der Waals surface area contributed by atoms with E-state index >= 15 is 0 Å². The van der Waals surface area contributed by atoms with Gasteiger partial charge in [0.15, 0.2) is 0 Å². The molecule has 1 heterocycles. The van der Waals surface area contributed by atoms with Crippen LogP contribution in [0.15, 0.2) is 36.7 Å². The smallest absolute Gasteiger partial charge is 0.270 e. The van der Waals surface area contributed by atoms with Gasteiger partial charge in [-0.2, -0.15) is 0 Å². The van der Waals surface area contributed by atoms with E-state index in [1.165, 1.54) is 12.4 Å². The summed E-state index contributed by atoms with van der Waals surface area (Å²) in [6.45, 7) is 2.84. The summed E-state index contributed by atoms with van der Waals surface area (Å²) >= 11 is 0. The maximum Gasteiger partial charge on any atom is 0.270 e. The first kappa shape index (κ1) is 15.8. The van der Waals surface area contributed by atoms with E-state index in [0.717, 1.165) is 11.3 Å². The van der Waals surface area contributed by atoms with Crippen molar-refractivity contribution in [2.45, 2.75) is 13.3 Å². The Bertz CT molecular complexity index is 632. The third-order valence-electron chi connectivity index (χ3n) is 3.04. The summed E-state index contributed by atoms with van der Waals surface area (Å²) in [5.74, 6) is 0.961. The molecule has 0 aliphatic heterocycles. The molecule has 2 rings (SSSR count). The summed E-state index contributed by atoms with van der Waals surface area (Å²) in [7, 11) is 1.63. The van der Waals surface area contributed by atoms with Crippen LogP contribution in [0.1, 0.15) is 23.0 Å². The zero-order chi connectivity index (χ0) is 15.8. The lowest BCUT2D eigenvalue weighted by Gasteiger charge is -2.09. The molecule has 0 radical (unpaired) electrons. The van der Waals surface area contributed by atoms with Crippen molar-refractivity contribution >= 4 is 5.91 Å². The first-order valence-electron chi connectivity index (χ1n) is 7.09. The molecule has 6 heteroatoms. The highest BCUT2D eigenvalue weighted by Crippen LogP contribution is 2.17. The second-order valence-electron chi connectivity index (χ2n) is 4.49. The van der Waals surface area contributed by atoms with Gasteiger partial charge < -0.3 is 14.8 Å². The first-order valence-corrected chi connectivity index (χ1v) is 7.09. The molecule has 116 valence electrons. The SMILES string of the molecule is CCOc1cc(C(=O)NCCc2ccccc2OC)ncn1. The van der Waals surface area contributed by atoms with Crippen molar-refractivity contribution in [2.24, 2.45) is 0 Å². The number of carbonyl (C=O) groups is 1. The van der Waals surface area contributed by atoms with E-state index in [2.05, 4.69) is 15.3 Å². The lowest BCUT2D eigenvalue weighted by atomic mass is 10.1. The van der Waals surface area contributed by atoms with Crippen LogP contribution in [-0.4, -0.2) is 36.1 Å². The summed E-state index contributed by atoms with van der Waals surface area (Å²) < 4.78 is 10.5. The zero-order valence-corrected chi connectivity index (χ0v) is 12.7. The highest BCUT2D eigenvalue weighted by molar-refractivity contribution is 5.92. The van der Waals surface area contributed by atoms with Crippen LogP contribution in [0.4, 0.5) is 0 Å². The quantitative estimate of drug-likeness (QED) is 0.845. The monoisotopic (exact) mass is 301 g/mol. The summed E-state index contributed by atoms with van der Waals surface area (Å²) in [6.07, 6.45) is 2.00. The molecule has 1 aromatic heterocycles. The average molecular weight is 301 g/mol. The van der Waals surface area contributed by atoms with Crippen molar-refractivity contribution in [3.8, 4) is 11.6 Å². The van der Waals surface area contributed by atoms with Gasteiger partial charge in [0, 0.05) is 12.6 Å². The maximum atomic E-state index is 12.1. The molecular weight excluding hydrogens is 282 g/mol. The molecule has 2 aromatic rings. The molecule has 0 fully saturated rings. The molecule has 6 nitrogen and oxygen atoms in total. The molecule has 1 amide bonds. The predicted molar refractivity (Wildman–Crippen MR) is 82.2 cm³/mol. The second kappa shape index (κ2) is 7.97. The van der Waals surface area contributed by atoms with Crippen molar-refractivity contribution in [1.29, 1.82) is 0 Å². The van der Waals surface area contributed by atoms with E-state index in [9.17, 15) is 4.79 Å². The van der Waals surface area contributed by atoms with Crippen LogP contribution in [0.2, 0.25) is 0 Å². The van der Waals surface area contributed by atoms with Crippen molar-refractivity contribution in [3.63, 3.8) is 0 Å². The van der Waals surface area contributed by atoms with Crippen LogP contribution in [0.25, 0.3) is 0 Å². The Balaban J connectivity index is 1.91. The number of benzene rings is 1. The van der Waals surface area contributed by atoms with Gasteiger partial charge in [-0.05, 0) is 25.0 Å². The summed E-state index contributed by atoms with van der Waals surface area (Å²) in [6, 6.07) is 9.26. The van der Waals surface area contributed by atoms with Crippen molar-refractivity contribution < 1.29 is 14.3 Å². The largest absolute Gasteiger partial charge is 0.496 e. The van der Waals surface area contributed by atoms with Crippen LogP contribution >= 0.6 is 0 Å². The number of nitrogens with zero attached hydrogens (tertiary/aromatic N) is 2. The number of nitrogens with one attached hydrogen (secondary N) is 1. The Morgan fingerprint density at radius 3 is 2.86 bits per heavy atom. The van der Waals surface area contributed by atoms with Gasteiger partial charge in [-0.3, -0.25) is 4.79 Å². The van der Waals surface area contributed by atoms with Crippen molar-refractivity contribution in [3.05, 3.63) is 47.9 Å². The third kappa shape index (κ3) is 4.18. The van der Waals surface area contributed by atoms with Crippen molar-refractivity contribution in [2.75, 3.05) is 20.3 Å². The molecule has 0 spiro atoms. The van der Waals surface area contributed by atoms with E-state index in [1.54, 1.807) is 7.11 Å². The van der Waals surface area contributed by atoms with Crippen LogP contribution in [0, 0.1) is 0 Å². The highest BCUT2D eigenvalue weighted by atomic mass is 16.5. The number of rotatable bonds is 7. The van der Waals surface area contributed by atoms with E-state index in [-0.39, 0.29) is 5.91 Å². The number of aromatic nitrogens is 2. The summed E-state index contributed by atoms with van der Waals surface area (Å²) in [5.41, 5.74) is 1.33. The fourth-order valence-corrected chi connectivity index (χ4v) is 2.00. The van der Waals surface area contributed by atoms with Crippen LogP contribution in [-0.2, 0) is 6.42 Å². The zero-order valence-electron chi connectivity index (χ0n) is 12.7. The number of carbonyl (C=O) groups excluding carboxylic acids is 1. The maximum absolute atomic E-state index is 12.1. The summed E-state index contributed by atoms with van der Waals surface area (Å²) in [5, 5.41) is 2.83.